The summed E-state index contributed by atoms with van der Waals surface area (Å²) in [4.78, 5) is 17.8. The number of carbonyl (C=O) groups is 1. The largest absolute Gasteiger partial charge is 0.487 e. The number of thioether (sulfide) groups is 1. The molecule has 1 fully saturated rings. The van der Waals surface area contributed by atoms with E-state index in [9.17, 15) is 23.1 Å². The standard InChI is InChI=1S/C24H23F3N2O4S/c1-15-20(28-22(33-15)17-4-6-18(7-5-17)24(25,26)27)13-32-19-8-2-16(3-9-19)12-29-10-11-34-14-21(29)23(30)31/h2-9,21H,10-14H2,1H3,(H,30,31). The third kappa shape index (κ3) is 5.74. The van der Waals surface area contributed by atoms with Crippen LogP contribution >= 0.6 is 11.8 Å². The number of hydrogen-bond donors (Lipinski definition) is 1. The molecule has 180 valence electrons. The molecule has 1 N–H and O–H groups in total. The van der Waals surface area contributed by atoms with Gasteiger partial charge in [0.1, 0.15) is 29.9 Å². The lowest BCUT2D eigenvalue weighted by atomic mass is 10.1. The molecule has 1 saturated heterocycles. The van der Waals surface area contributed by atoms with E-state index in [0.717, 1.165) is 30.0 Å². The summed E-state index contributed by atoms with van der Waals surface area (Å²) in [5.41, 5.74) is 1.26. The fourth-order valence-corrected chi connectivity index (χ4v) is 4.73. The van der Waals surface area contributed by atoms with Crippen molar-refractivity contribution in [2.24, 2.45) is 0 Å². The van der Waals surface area contributed by atoms with Gasteiger partial charge in [0.15, 0.2) is 0 Å². The number of halogens is 3. The SMILES string of the molecule is Cc1oc(-c2ccc(C(F)(F)F)cc2)nc1COc1ccc(CN2CCSCC2C(=O)O)cc1. The van der Waals surface area contributed by atoms with Crippen molar-refractivity contribution in [3.05, 3.63) is 71.1 Å². The predicted molar refractivity (Wildman–Crippen MR) is 122 cm³/mol. The number of alkyl halides is 3. The van der Waals surface area contributed by atoms with E-state index in [1.54, 1.807) is 18.7 Å². The molecule has 10 heteroatoms. The summed E-state index contributed by atoms with van der Waals surface area (Å²) in [6.07, 6.45) is -4.40. The molecule has 1 atom stereocenters. The second-order valence-corrected chi connectivity index (χ2v) is 9.08. The molecule has 0 amide bonds. The van der Waals surface area contributed by atoms with Crippen LogP contribution in [-0.4, -0.2) is 45.1 Å². The zero-order valence-corrected chi connectivity index (χ0v) is 19.2. The zero-order chi connectivity index (χ0) is 24.3. The van der Waals surface area contributed by atoms with E-state index >= 15 is 0 Å². The maximum atomic E-state index is 12.8. The second-order valence-electron chi connectivity index (χ2n) is 7.93. The Morgan fingerprint density at radius 3 is 2.56 bits per heavy atom. The normalized spacial score (nSPS) is 17.0. The summed E-state index contributed by atoms with van der Waals surface area (Å²) in [6, 6.07) is 11.6. The number of carboxylic acid groups (broad SMARTS) is 1. The quantitative estimate of drug-likeness (QED) is 0.483. The molecular formula is C24H23F3N2O4S. The van der Waals surface area contributed by atoms with Gasteiger partial charge in [0, 0.05) is 30.2 Å². The molecule has 1 aromatic heterocycles. The first kappa shape index (κ1) is 24.2. The summed E-state index contributed by atoms with van der Waals surface area (Å²) in [7, 11) is 0. The third-order valence-corrected chi connectivity index (χ3v) is 6.58. The Labute approximate surface area is 198 Å². The number of nitrogens with zero attached hydrogens (tertiary/aromatic N) is 2. The highest BCUT2D eigenvalue weighted by molar-refractivity contribution is 7.99. The van der Waals surface area contributed by atoms with E-state index in [-0.39, 0.29) is 12.5 Å². The monoisotopic (exact) mass is 492 g/mol. The first-order valence-corrected chi connectivity index (χ1v) is 11.8. The molecule has 0 aliphatic carbocycles. The average molecular weight is 493 g/mol. The molecule has 34 heavy (non-hydrogen) atoms. The molecule has 1 unspecified atom stereocenters. The topological polar surface area (TPSA) is 75.8 Å². The Kier molecular flexibility index (Phi) is 7.18. The molecular weight excluding hydrogens is 469 g/mol. The zero-order valence-electron chi connectivity index (χ0n) is 18.3. The maximum Gasteiger partial charge on any atom is 0.416 e. The van der Waals surface area contributed by atoms with E-state index in [1.807, 2.05) is 29.2 Å². The summed E-state index contributed by atoms with van der Waals surface area (Å²) >= 11 is 1.65. The van der Waals surface area contributed by atoms with Crippen molar-refractivity contribution in [2.45, 2.75) is 32.3 Å². The minimum atomic E-state index is -4.40. The van der Waals surface area contributed by atoms with Crippen LogP contribution in [0.15, 0.2) is 52.9 Å². The van der Waals surface area contributed by atoms with Crippen molar-refractivity contribution in [1.29, 1.82) is 0 Å². The highest BCUT2D eigenvalue weighted by Gasteiger charge is 2.30. The number of aromatic nitrogens is 1. The summed E-state index contributed by atoms with van der Waals surface area (Å²) < 4.78 is 49.7. The van der Waals surface area contributed by atoms with Crippen LogP contribution in [0.3, 0.4) is 0 Å². The Morgan fingerprint density at radius 1 is 1.21 bits per heavy atom. The number of hydrogen-bond acceptors (Lipinski definition) is 6. The van der Waals surface area contributed by atoms with Gasteiger partial charge in [0.2, 0.25) is 5.89 Å². The molecule has 4 rings (SSSR count). The number of rotatable bonds is 7. The number of oxazole rings is 1. The first-order valence-electron chi connectivity index (χ1n) is 10.6. The summed E-state index contributed by atoms with van der Waals surface area (Å²) in [5, 5.41) is 9.42. The van der Waals surface area contributed by atoms with Crippen molar-refractivity contribution in [2.75, 3.05) is 18.1 Å². The van der Waals surface area contributed by atoms with Gasteiger partial charge < -0.3 is 14.3 Å². The first-order chi connectivity index (χ1) is 16.2. The lowest BCUT2D eigenvalue weighted by molar-refractivity contribution is -0.142. The summed E-state index contributed by atoms with van der Waals surface area (Å²) in [5.74, 6) is 2.07. The van der Waals surface area contributed by atoms with Gasteiger partial charge in [-0.15, -0.1) is 0 Å². The van der Waals surface area contributed by atoms with E-state index in [4.69, 9.17) is 9.15 Å². The van der Waals surface area contributed by atoms with Crippen molar-refractivity contribution in [3.63, 3.8) is 0 Å². The number of ether oxygens (including phenoxy) is 1. The number of aryl methyl sites for hydroxylation is 1. The van der Waals surface area contributed by atoms with Gasteiger partial charge in [0.05, 0.1) is 5.56 Å². The Hall–Kier alpha value is -2.98. The molecule has 1 aliphatic heterocycles. The second kappa shape index (κ2) is 10.1. The predicted octanol–water partition coefficient (Wildman–Crippen LogP) is 5.25. The average Bonchev–Trinajstić information content (AvgIpc) is 3.19. The van der Waals surface area contributed by atoms with Crippen LogP contribution in [-0.2, 0) is 24.1 Å². The lowest BCUT2D eigenvalue weighted by Crippen LogP contribution is -2.46. The van der Waals surface area contributed by atoms with Crippen LogP contribution in [0.25, 0.3) is 11.5 Å². The minimum Gasteiger partial charge on any atom is -0.487 e. The van der Waals surface area contributed by atoms with E-state index < -0.39 is 23.8 Å². The molecule has 2 heterocycles. The highest BCUT2D eigenvalue weighted by atomic mass is 32.2. The Balaban J connectivity index is 1.36. The number of benzene rings is 2. The van der Waals surface area contributed by atoms with Crippen LogP contribution in [0, 0.1) is 6.92 Å². The van der Waals surface area contributed by atoms with Crippen LogP contribution in [0.5, 0.6) is 5.75 Å². The van der Waals surface area contributed by atoms with Crippen LogP contribution in [0.4, 0.5) is 13.2 Å². The van der Waals surface area contributed by atoms with Gasteiger partial charge in [-0.25, -0.2) is 4.98 Å². The molecule has 0 bridgehead atoms. The van der Waals surface area contributed by atoms with E-state index in [1.165, 1.54) is 12.1 Å². The number of carboxylic acids is 1. The molecule has 2 aromatic carbocycles. The van der Waals surface area contributed by atoms with Crippen LogP contribution < -0.4 is 4.74 Å². The van der Waals surface area contributed by atoms with Crippen molar-refractivity contribution in [1.82, 2.24) is 9.88 Å². The molecule has 3 aromatic rings. The van der Waals surface area contributed by atoms with Gasteiger partial charge >= 0.3 is 12.1 Å². The van der Waals surface area contributed by atoms with Crippen molar-refractivity contribution in [3.8, 4) is 17.2 Å². The highest BCUT2D eigenvalue weighted by Crippen LogP contribution is 2.31. The maximum absolute atomic E-state index is 12.8. The van der Waals surface area contributed by atoms with Gasteiger partial charge in [-0.05, 0) is 48.9 Å². The third-order valence-electron chi connectivity index (χ3n) is 5.56. The fourth-order valence-electron chi connectivity index (χ4n) is 3.62. The molecule has 1 aliphatic rings. The van der Waals surface area contributed by atoms with E-state index in [2.05, 4.69) is 4.98 Å². The smallest absolute Gasteiger partial charge is 0.416 e. The Bertz CT molecular complexity index is 1130. The van der Waals surface area contributed by atoms with Crippen molar-refractivity contribution >= 4 is 17.7 Å². The molecule has 6 nitrogen and oxygen atoms in total. The van der Waals surface area contributed by atoms with Gasteiger partial charge in [-0.3, -0.25) is 9.69 Å². The van der Waals surface area contributed by atoms with Crippen LogP contribution in [0.2, 0.25) is 0 Å². The van der Waals surface area contributed by atoms with E-state index in [0.29, 0.717) is 35.1 Å². The lowest BCUT2D eigenvalue weighted by Gasteiger charge is -2.32. The Morgan fingerprint density at radius 2 is 1.91 bits per heavy atom. The number of aliphatic carboxylic acids is 1. The van der Waals surface area contributed by atoms with Gasteiger partial charge in [0.25, 0.3) is 0 Å². The van der Waals surface area contributed by atoms with Crippen LogP contribution in [0.1, 0.15) is 22.6 Å². The van der Waals surface area contributed by atoms with Gasteiger partial charge in [-0.1, -0.05) is 12.1 Å². The van der Waals surface area contributed by atoms with Gasteiger partial charge in [-0.2, -0.15) is 24.9 Å². The molecule has 0 radical (unpaired) electrons. The van der Waals surface area contributed by atoms with Crippen molar-refractivity contribution < 1.29 is 32.2 Å². The molecule has 0 saturated carbocycles. The summed E-state index contributed by atoms with van der Waals surface area (Å²) in [6.45, 7) is 3.14. The molecule has 0 spiro atoms. The fraction of sp³-hybridized carbons (Fsp3) is 0.333. The minimum absolute atomic E-state index is 0.139.